The van der Waals surface area contributed by atoms with Gasteiger partial charge in [-0.2, -0.15) is 0 Å². The maximum absolute atomic E-state index is 11.4. The Hall–Kier alpha value is -2.10. The van der Waals surface area contributed by atoms with Crippen molar-refractivity contribution in [1.29, 1.82) is 0 Å². The fourth-order valence-corrected chi connectivity index (χ4v) is 2.87. The van der Waals surface area contributed by atoms with Crippen LogP contribution in [0, 0.1) is 5.92 Å². The summed E-state index contributed by atoms with van der Waals surface area (Å²) in [6, 6.07) is 7.91. The van der Waals surface area contributed by atoms with Crippen LogP contribution in [0.15, 0.2) is 36.4 Å². The summed E-state index contributed by atoms with van der Waals surface area (Å²) in [5.74, 6) is -0.278. The second kappa shape index (κ2) is 4.53. The fourth-order valence-electron chi connectivity index (χ4n) is 2.87. The van der Waals surface area contributed by atoms with Gasteiger partial charge in [-0.25, -0.2) is 4.98 Å². The number of benzene rings is 1. The van der Waals surface area contributed by atoms with Crippen molar-refractivity contribution < 1.29 is 9.90 Å². The van der Waals surface area contributed by atoms with Gasteiger partial charge in [-0.1, -0.05) is 24.3 Å². The van der Waals surface area contributed by atoms with Gasteiger partial charge in [0, 0.05) is 13.0 Å². The van der Waals surface area contributed by atoms with Gasteiger partial charge in [0.25, 0.3) is 0 Å². The van der Waals surface area contributed by atoms with Crippen molar-refractivity contribution in [2.24, 2.45) is 13.0 Å². The molecule has 0 saturated carbocycles. The van der Waals surface area contributed by atoms with Crippen LogP contribution in [0.3, 0.4) is 0 Å². The molecular weight excluding hydrogens is 240 g/mol. The van der Waals surface area contributed by atoms with Crippen molar-refractivity contribution in [3.05, 3.63) is 42.2 Å². The number of hydrogen-bond donors (Lipinski definition) is 1. The van der Waals surface area contributed by atoms with Gasteiger partial charge < -0.3 is 9.67 Å². The number of aromatic nitrogens is 2. The second-order valence-corrected chi connectivity index (χ2v) is 5.01. The van der Waals surface area contributed by atoms with Gasteiger partial charge in [-0.15, -0.1) is 0 Å². The number of carboxylic acids is 1. The molecule has 3 rings (SSSR count). The van der Waals surface area contributed by atoms with Gasteiger partial charge in [0.05, 0.1) is 17.0 Å². The van der Waals surface area contributed by atoms with Crippen molar-refractivity contribution in [3.8, 4) is 0 Å². The van der Waals surface area contributed by atoms with Crippen LogP contribution >= 0.6 is 0 Å². The van der Waals surface area contributed by atoms with Crippen LogP contribution in [0.25, 0.3) is 11.0 Å². The number of nitrogens with zero attached hydrogens (tertiary/aromatic N) is 2. The Morgan fingerprint density at radius 2 is 2.05 bits per heavy atom. The van der Waals surface area contributed by atoms with E-state index in [1.807, 2.05) is 42.0 Å². The maximum Gasteiger partial charge on any atom is 0.307 e. The predicted molar refractivity (Wildman–Crippen MR) is 73.0 cm³/mol. The highest BCUT2D eigenvalue weighted by Gasteiger charge is 2.32. The van der Waals surface area contributed by atoms with E-state index in [9.17, 15) is 9.90 Å². The Balaban J connectivity index is 2.10. The maximum atomic E-state index is 11.4. The van der Waals surface area contributed by atoms with E-state index in [1.165, 1.54) is 0 Å². The lowest BCUT2D eigenvalue weighted by atomic mass is 9.82. The molecule has 0 radical (unpaired) electrons. The lowest BCUT2D eigenvalue weighted by Gasteiger charge is -2.24. The van der Waals surface area contributed by atoms with E-state index in [-0.39, 0.29) is 11.8 Å². The SMILES string of the molecule is Cn1c(C2CC=CCC2C(=O)O)nc2ccccc21. The molecule has 0 fully saturated rings. The lowest BCUT2D eigenvalue weighted by molar-refractivity contribution is -0.142. The van der Waals surface area contributed by atoms with Crippen LogP contribution in [0.4, 0.5) is 0 Å². The van der Waals surface area contributed by atoms with Gasteiger partial charge in [0.1, 0.15) is 5.82 Å². The van der Waals surface area contributed by atoms with E-state index in [0.717, 1.165) is 23.3 Å². The summed E-state index contributed by atoms with van der Waals surface area (Å²) in [4.78, 5) is 16.0. The largest absolute Gasteiger partial charge is 0.481 e. The van der Waals surface area contributed by atoms with Gasteiger partial charge >= 0.3 is 5.97 Å². The van der Waals surface area contributed by atoms with E-state index in [0.29, 0.717) is 6.42 Å². The number of aryl methyl sites for hydroxylation is 1. The Morgan fingerprint density at radius 3 is 2.79 bits per heavy atom. The van der Waals surface area contributed by atoms with Crippen molar-refractivity contribution >= 4 is 17.0 Å². The monoisotopic (exact) mass is 256 g/mol. The summed E-state index contributed by atoms with van der Waals surface area (Å²) < 4.78 is 2.02. The molecule has 0 spiro atoms. The minimum Gasteiger partial charge on any atom is -0.481 e. The van der Waals surface area contributed by atoms with Crippen molar-refractivity contribution in [2.75, 3.05) is 0 Å². The number of carbonyl (C=O) groups is 1. The number of carboxylic acid groups (broad SMARTS) is 1. The summed E-state index contributed by atoms with van der Waals surface area (Å²) in [6.07, 6.45) is 5.35. The molecule has 1 N–H and O–H groups in total. The Kier molecular flexibility index (Phi) is 2.85. The summed E-state index contributed by atoms with van der Waals surface area (Å²) in [5.41, 5.74) is 1.98. The second-order valence-electron chi connectivity index (χ2n) is 5.01. The molecule has 0 aliphatic heterocycles. The lowest BCUT2D eigenvalue weighted by Crippen LogP contribution is -2.25. The van der Waals surface area contributed by atoms with Crippen LogP contribution in [-0.2, 0) is 11.8 Å². The number of allylic oxidation sites excluding steroid dienone is 2. The highest BCUT2D eigenvalue weighted by molar-refractivity contribution is 5.77. The van der Waals surface area contributed by atoms with Crippen LogP contribution in [0.1, 0.15) is 24.6 Å². The molecule has 4 heteroatoms. The molecule has 2 aromatic rings. The summed E-state index contributed by atoms with van der Waals surface area (Å²) in [7, 11) is 1.96. The standard InChI is InChI=1S/C15H16N2O2/c1-17-13-9-5-4-8-12(13)16-14(17)10-6-2-3-7-11(10)15(18)19/h2-5,8-11H,6-7H2,1H3,(H,18,19). The fraction of sp³-hybridized carbons (Fsp3) is 0.333. The molecule has 2 unspecified atom stereocenters. The molecule has 0 amide bonds. The van der Waals surface area contributed by atoms with Crippen LogP contribution in [0.5, 0.6) is 0 Å². The smallest absolute Gasteiger partial charge is 0.307 e. The van der Waals surface area contributed by atoms with E-state index in [1.54, 1.807) is 0 Å². The summed E-state index contributed by atoms with van der Waals surface area (Å²) >= 11 is 0. The van der Waals surface area contributed by atoms with Crippen LogP contribution in [0.2, 0.25) is 0 Å². The molecule has 0 bridgehead atoms. The molecular formula is C15H16N2O2. The topological polar surface area (TPSA) is 55.1 Å². The number of hydrogen-bond acceptors (Lipinski definition) is 2. The molecule has 1 heterocycles. The molecule has 1 aromatic carbocycles. The third-order valence-electron chi connectivity index (χ3n) is 3.90. The van der Waals surface area contributed by atoms with E-state index in [2.05, 4.69) is 11.1 Å². The predicted octanol–water partition coefficient (Wildman–Crippen LogP) is 2.71. The van der Waals surface area contributed by atoms with E-state index in [4.69, 9.17) is 0 Å². The Bertz CT molecular complexity index is 657. The zero-order valence-electron chi connectivity index (χ0n) is 10.8. The number of rotatable bonds is 2. The first-order valence-corrected chi connectivity index (χ1v) is 6.47. The van der Waals surface area contributed by atoms with Crippen molar-refractivity contribution in [2.45, 2.75) is 18.8 Å². The van der Waals surface area contributed by atoms with E-state index >= 15 is 0 Å². The average Bonchev–Trinajstić information content (AvgIpc) is 2.76. The Morgan fingerprint density at radius 1 is 1.32 bits per heavy atom. The number of imidazole rings is 1. The highest BCUT2D eigenvalue weighted by Crippen LogP contribution is 2.35. The molecule has 4 nitrogen and oxygen atoms in total. The minimum atomic E-state index is -0.735. The molecule has 2 atom stereocenters. The first-order valence-electron chi connectivity index (χ1n) is 6.47. The van der Waals surface area contributed by atoms with Crippen LogP contribution < -0.4 is 0 Å². The molecule has 98 valence electrons. The van der Waals surface area contributed by atoms with Crippen molar-refractivity contribution in [3.63, 3.8) is 0 Å². The minimum absolute atomic E-state index is 0.0418. The highest BCUT2D eigenvalue weighted by atomic mass is 16.4. The van der Waals surface area contributed by atoms with Gasteiger partial charge in [-0.3, -0.25) is 4.79 Å². The molecule has 1 aliphatic rings. The molecule has 1 aliphatic carbocycles. The number of para-hydroxylation sites is 2. The summed E-state index contributed by atoms with van der Waals surface area (Å²) in [6.45, 7) is 0. The average molecular weight is 256 g/mol. The van der Waals surface area contributed by atoms with E-state index < -0.39 is 5.97 Å². The van der Waals surface area contributed by atoms with Gasteiger partial charge in [-0.05, 0) is 25.0 Å². The van der Waals surface area contributed by atoms with Gasteiger partial charge in [0.2, 0.25) is 0 Å². The summed E-state index contributed by atoms with van der Waals surface area (Å²) in [5, 5.41) is 9.36. The first-order chi connectivity index (χ1) is 9.18. The zero-order chi connectivity index (χ0) is 13.4. The normalized spacial score (nSPS) is 22.8. The van der Waals surface area contributed by atoms with Crippen LogP contribution in [-0.4, -0.2) is 20.6 Å². The third kappa shape index (κ3) is 1.93. The quantitative estimate of drug-likeness (QED) is 0.840. The molecule has 19 heavy (non-hydrogen) atoms. The number of aliphatic carboxylic acids is 1. The van der Waals surface area contributed by atoms with Crippen molar-refractivity contribution in [1.82, 2.24) is 9.55 Å². The number of fused-ring (bicyclic) bond motifs is 1. The Labute approximate surface area is 111 Å². The first kappa shape index (κ1) is 12.0. The van der Waals surface area contributed by atoms with Gasteiger partial charge in [0.15, 0.2) is 0 Å². The molecule has 1 aromatic heterocycles. The third-order valence-corrected chi connectivity index (χ3v) is 3.90. The molecule has 0 saturated heterocycles. The zero-order valence-corrected chi connectivity index (χ0v) is 10.8.